The summed E-state index contributed by atoms with van der Waals surface area (Å²) in [6, 6.07) is 8.53. The van der Waals surface area contributed by atoms with Gasteiger partial charge in [-0.25, -0.2) is 0 Å². The minimum absolute atomic E-state index is 0. The normalized spacial score (nSPS) is 22.8. The Morgan fingerprint density at radius 2 is 2.04 bits per heavy atom. The van der Waals surface area contributed by atoms with Crippen LogP contribution in [0.2, 0.25) is 0 Å². The number of aromatic nitrogens is 2. The van der Waals surface area contributed by atoms with Crippen molar-refractivity contribution < 1.29 is 4.79 Å². The lowest BCUT2D eigenvalue weighted by Crippen LogP contribution is -2.52. The molecule has 2 heterocycles. The third kappa shape index (κ3) is 3.63. The van der Waals surface area contributed by atoms with Gasteiger partial charge in [0.25, 0.3) is 0 Å². The van der Waals surface area contributed by atoms with Crippen LogP contribution in [0.5, 0.6) is 0 Å². The van der Waals surface area contributed by atoms with Gasteiger partial charge in [-0.3, -0.25) is 9.48 Å². The van der Waals surface area contributed by atoms with Crippen LogP contribution in [0.25, 0.3) is 0 Å². The second-order valence-electron chi connectivity index (χ2n) is 7.82. The molecule has 0 radical (unpaired) electrons. The summed E-state index contributed by atoms with van der Waals surface area (Å²) < 4.78 is 1.75. The Hall–Kier alpha value is -1.85. The lowest BCUT2D eigenvalue weighted by Gasteiger charge is -2.47. The maximum Gasteiger partial charge on any atom is 0.244 e. The Morgan fingerprint density at radius 3 is 2.78 bits per heavy atom. The third-order valence-corrected chi connectivity index (χ3v) is 6.17. The van der Waals surface area contributed by atoms with Gasteiger partial charge in [0, 0.05) is 37.3 Å². The molecule has 1 fully saturated rings. The SMILES string of the molecule is CNC(C(=O)N1CCCC2(CCCc3ccccc32)C1)c1cnn(C)c1.Cl. The molecule has 1 saturated heterocycles. The highest BCUT2D eigenvalue weighted by molar-refractivity contribution is 5.85. The number of amides is 1. The Bertz CT molecular complexity index is 805. The molecule has 1 N–H and O–H groups in total. The van der Waals surface area contributed by atoms with Crippen LogP contribution < -0.4 is 5.32 Å². The van der Waals surface area contributed by atoms with Gasteiger partial charge in [-0.05, 0) is 50.3 Å². The lowest BCUT2D eigenvalue weighted by atomic mass is 9.66. The Kier molecular flexibility index (Phi) is 5.92. The Balaban J connectivity index is 0.00000210. The first-order chi connectivity index (χ1) is 12.6. The molecule has 1 aromatic heterocycles. The summed E-state index contributed by atoms with van der Waals surface area (Å²) in [5.74, 6) is 0.169. The topological polar surface area (TPSA) is 50.2 Å². The fourth-order valence-electron chi connectivity index (χ4n) is 4.96. The summed E-state index contributed by atoms with van der Waals surface area (Å²) >= 11 is 0. The van der Waals surface area contributed by atoms with Gasteiger partial charge < -0.3 is 10.2 Å². The number of hydrogen-bond donors (Lipinski definition) is 1. The van der Waals surface area contributed by atoms with E-state index in [4.69, 9.17) is 0 Å². The largest absolute Gasteiger partial charge is 0.340 e. The first-order valence-electron chi connectivity index (χ1n) is 9.66. The molecule has 0 saturated carbocycles. The molecule has 1 amide bonds. The van der Waals surface area contributed by atoms with E-state index in [2.05, 4.69) is 39.6 Å². The summed E-state index contributed by atoms with van der Waals surface area (Å²) in [6.45, 7) is 1.68. The number of carbonyl (C=O) groups excluding carboxylic acids is 1. The number of carbonyl (C=O) groups is 1. The number of halogens is 1. The summed E-state index contributed by atoms with van der Waals surface area (Å²) in [7, 11) is 3.74. The highest BCUT2D eigenvalue weighted by atomic mass is 35.5. The van der Waals surface area contributed by atoms with Crippen LogP contribution in [0.4, 0.5) is 0 Å². The highest BCUT2D eigenvalue weighted by Crippen LogP contribution is 2.43. The fraction of sp³-hybridized carbons (Fsp3) is 0.524. The van der Waals surface area contributed by atoms with Crippen molar-refractivity contribution in [2.45, 2.75) is 43.6 Å². The molecule has 2 unspecified atom stereocenters. The quantitative estimate of drug-likeness (QED) is 0.879. The number of piperidine rings is 1. The number of benzene rings is 1. The molecule has 1 aliphatic carbocycles. The van der Waals surface area contributed by atoms with Gasteiger partial charge in [0.2, 0.25) is 5.91 Å². The van der Waals surface area contributed by atoms with Crippen LogP contribution >= 0.6 is 12.4 Å². The second-order valence-corrected chi connectivity index (χ2v) is 7.82. The molecular weight excluding hydrogens is 360 g/mol. The molecule has 1 aliphatic heterocycles. The van der Waals surface area contributed by atoms with Gasteiger partial charge in [0.1, 0.15) is 6.04 Å². The fourth-order valence-corrected chi connectivity index (χ4v) is 4.96. The molecule has 146 valence electrons. The zero-order valence-electron chi connectivity index (χ0n) is 16.1. The molecule has 0 bridgehead atoms. The molecule has 2 aliphatic rings. The van der Waals surface area contributed by atoms with Crippen LogP contribution in [0, 0.1) is 0 Å². The van der Waals surface area contributed by atoms with E-state index in [1.54, 1.807) is 10.9 Å². The Labute approximate surface area is 167 Å². The van der Waals surface area contributed by atoms with Crippen LogP contribution in [0.1, 0.15) is 48.4 Å². The predicted octanol–water partition coefficient (Wildman–Crippen LogP) is 3.00. The number of likely N-dealkylation sites (N-methyl/N-ethyl adjacent to an activating group) is 1. The van der Waals surface area contributed by atoms with Gasteiger partial charge in [-0.15, -0.1) is 12.4 Å². The van der Waals surface area contributed by atoms with Crippen molar-refractivity contribution in [2.75, 3.05) is 20.1 Å². The van der Waals surface area contributed by atoms with Gasteiger partial charge >= 0.3 is 0 Å². The number of rotatable bonds is 3. The van der Waals surface area contributed by atoms with Gasteiger partial charge in [0.15, 0.2) is 0 Å². The summed E-state index contributed by atoms with van der Waals surface area (Å²) in [6.07, 6.45) is 9.54. The van der Waals surface area contributed by atoms with Crippen molar-refractivity contribution >= 4 is 18.3 Å². The van der Waals surface area contributed by atoms with Crippen molar-refractivity contribution in [3.8, 4) is 0 Å². The van der Waals surface area contributed by atoms with Crippen molar-refractivity contribution in [3.63, 3.8) is 0 Å². The summed E-state index contributed by atoms with van der Waals surface area (Å²) in [5.41, 5.74) is 4.02. The Morgan fingerprint density at radius 1 is 1.26 bits per heavy atom. The second kappa shape index (κ2) is 8.03. The average molecular weight is 389 g/mol. The van der Waals surface area contributed by atoms with E-state index >= 15 is 0 Å². The molecule has 1 aromatic carbocycles. The van der Waals surface area contributed by atoms with Crippen molar-refractivity contribution in [1.82, 2.24) is 20.0 Å². The van der Waals surface area contributed by atoms with E-state index < -0.39 is 0 Å². The minimum atomic E-state index is -0.322. The van der Waals surface area contributed by atoms with E-state index in [1.807, 2.05) is 20.3 Å². The van der Waals surface area contributed by atoms with Crippen LogP contribution in [-0.4, -0.2) is 40.7 Å². The molecule has 1 spiro atoms. The van der Waals surface area contributed by atoms with Crippen molar-refractivity contribution in [2.24, 2.45) is 7.05 Å². The standard InChI is InChI=1S/C21H28N4O.ClH/c1-22-19(17-13-23-24(2)14-17)20(26)25-12-6-11-21(15-25)10-5-8-16-7-3-4-9-18(16)21;/h3-4,7,9,13-14,19,22H,5-6,8,10-12,15H2,1-2H3;1H. The smallest absolute Gasteiger partial charge is 0.244 e. The summed E-state index contributed by atoms with van der Waals surface area (Å²) in [4.78, 5) is 15.4. The number of aryl methyl sites for hydroxylation is 2. The molecule has 6 heteroatoms. The van der Waals surface area contributed by atoms with Crippen LogP contribution in [0.15, 0.2) is 36.7 Å². The number of fused-ring (bicyclic) bond motifs is 2. The maximum absolute atomic E-state index is 13.3. The molecule has 4 rings (SSSR count). The molecular formula is C21H29ClN4O. The number of nitrogens with zero attached hydrogens (tertiary/aromatic N) is 3. The monoisotopic (exact) mass is 388 g/mol. The average Bonchev–Trinajstić information content (AvgIpc) is 3.09. The molecule has 27 heavy (non-hydrogen) atoms. The number of likely N-dealkylation sites (tertiary alicyclic amines) is 1. The van der Waals surface area contributed by atoms with Gasteiger partial charge in [-0.2, -0.15) is 5.10 Å². The van der Waals surface area contributed by atoms with Crippen LogP contribution in [-0.2, 0) is 23.7 Å². The van der Waals surface area contributed by atoms with Crippen molar-refractivity contribution in [1.29, 1.82) is 0 Å². The third-order valence-electron chi connectivity index (χ3n) is 6.17. The summed E-state index contributed by atoms with van der Waals surface area (Å²) in [5, 5.41) is 7.43. The molecule has 5 nitrogen and oxygen atoms in total. The van der Waals surface area contributed by atoms with Gasteiger partial charge in [0.05, 0.1) is 6.20 Å². The number of nitrogens with one attached hydrogen (secondary N) is 1. The first kappa shape index (κ1) is 19.9. The number of hydrogen-bond acceptors (Lipinski definition) is 3. The molecule has 2 atom stereocenters. The zero-order chi connectivity index (χ0) is 18.1. The van der Waals surface area contributed by atoms with Gasteiger partial charge in [-0.1, -0.05) is 24.3 Å². The highest BCUT2D eigenvalue weighted by Gasteiger charge is 2.42. The van der Waals surface area contributed by atoms with E-state index in [0.29, 0.717) is 0 Å². The minimum Gasteiger partial charge on any atom is -0.340 e. The zero-order valence-corrected chi connectivity index (χ0v) is 17.0. The van der Waals surface area contributed by atoms with Crippen molar-refractivity contribution in [3.05, 3.63) is 53.3 Å². The van der Waals surface area contributed by atoms with E-state index in [1.165, 1.54) is 36.8 Å². The predicted molar refractivity (Wildman–Crippen MR) is 109 cm³/mol. The van der Waals surface area contributed by atoms with Crippen LogP contribution in [0.3, 0.4) is 0 Å². The maximum atomic E-state index is 13.3. The first-order valence-corrected chi connectivity index (χ1v) is 9.66. The van der Waals surface area contributed by atoms with E-state index in [0.717, 1.165) is 25.1 Å². The van der Waals surface area contributed by atoms with E-state index in [9.17, 15) is 4.79 Å². The molecule has 2 aromatic rings. The lowest BCUT2D eigenvalue weighted by molar-refractivity contribution is -0.136. The van der Waals surface area contributed by atoms with E-state index in [-0.39, 0.29) is 29.8 Å².